The molecule has 2 rings (SSSR count). The second kappa shape index (κ2) is 32.0. The molecule has 0 N–H and O–H groups in total. The van der Waals surface area contributed by atoms with Crippen LogP contribution in [0.4, 0.5) is 0 Å². The van der Waals surface area contributed by atoms with Crippen LogP contribution < -0.4 is 9.47 Å². The highest BCUT2D eigenvalue weighted by Gasteiger charge is 2.40. The molecule has 0 aromatic heterocycles. The van der Waals surface area contributed by atoms with Gasteiger partial charge in [-0.2, -0.15) is 0 Å². The van der Waals surface area contributed by atoms with Crippen molar-refractivity contribution in [2.75, 3.05) is 27.4 Å². The zero-order valence-corrected chi connectivity index (χ0v) is 35.2. The molecule has 2 aromatic carbocycles. The van der Waals surface area contributed by atoms with Gasteiger partial charge in [-0.1, -0.05) is 167 Å². The fourth-order valence-electron chi connectivity index (χ4n) is 6.66. The first kappa shape index (κ1) is 48.0. The highest BCUT2D eigenvalue weighted by Crippen LogP contribution is 2.23. The van der Waals surface area contributed by atoms with Crippen molar-refractivity contribution in [1.29, 1.82) is 0 Å². The van der Waals surface area contributed by atoms with Gasteiger partial charge in [0.15, 0.2) is 0 Å². The first-order chi connectivity index (χ1) is 26.9. The molecule has 8 nitrogen and oxygen atoms in total. The van der Waals surface area contributed by atoms with E-state index in [0.29, 0.717) is 0 Å². The zero-order chi connectivity index (χ0) is 39.7. The lowest BCUT2D eigenvalue weighted by atomic mass is 10.1. The molecule has 0 saturated carbocycles. The molecule has 0 heterocycles. The quantitative estimate of drug-likeness (QED) is 0.0384. The third kappa shape index (κ3) is 24.2. The van der Waals surface area contributed by atoms with Gasteiger partial charge < -0.3 is 28.4 Å². The average Bonchev–Trinajstić information content (AvgIpc) is 3.19. The lowest BCUT2D eigenvalue weighted by Crippen LogP contribution is -2.48. The lowest BCUT2D eigenvalue weighted by molar-refractivity contribution is -0.264. The number of methoxy groups -OCH3 is 2. The molecule has 0 saturated heterocycles. The van der Waals surface area contributed by atoms with E-state index in [4.69, 9.17) is 28.4 Å². The first-order valence-corrected chi connectivity index (χ1v) is 21.8. The number of unbranched alkanes of at least 4 members (excludes halogenated alkanes) is 20. The van der Waals surface area contributed by atoms with Crippen LogP contribution in [0.2, 0.25) is 0 Å². The number of rotatable bonds is 36. The number of esters is 2. The fraction of sp³-hybridized carbons (Fsp3) is 0.702. The number of carbonyl (C=O) groups is 2. The van der Waals surface area contributed by atoms with Crippen LogP contribution >= 0.6 is 0 Å². The highest BCUT2D eigenvalue weighted by molar-refractivity contribution is 5.72. The molecule has 0 amide bonds. The maximum absolute atomic E-state index is 13.4. The molecule has 55 heavy (non-hydrogen) atoms. The van der Waals surface area contributed by atoms with Gasteiger partial charge in [0.1, 0.15) is 24.7 Å². The zero-order valence-electron chi connectivity index (χ0n) is 35.2. The van der Waals surface area contributed by atoms with Crippen LogP contribution in [-0.4, -0.2) is 45.2 Å². The fourth-order valence-corrected chi connectivity index (χ4v) is 6.66. The van der Waals surface area contributed by atoms with Gasteiger partial charge in [0, 0.05) is 12.8 Å². The second-order valence-corrected chi connectivity index (χ2v) is 15.1. The summed E-state index contributed by atoms with van der Waals surface area (Å²) in [5.41, 5.74) is 1.82. The smallest absolute Gasteiger partial charge is 0.309 e. The molecule has 0 unspecified atom stereocenters. The molecule has 0 radical (unpaired) electrons. The average molecular weight is 769 g/mol. The van der Waals surface area contributed by atoms with E-state index in [-0.39, 0.29) is 39.3 Å². The van der Waals surface area contributed by atoms with E-state index in [1.807, 2.05) is 48.5 Å². The van der Waals surface area contributed by atoms with Crippen LogP contribution in [0.3, 0.4) is 0 Å². The minimum absolute atomic E-state index is 0.157. The molecule has 8 heteroatoms. The van der Waals surface area contributed by atoms with Crippen molar-refractivity contribution < 1.29 is 38.0 Å². The normalized spacial score (nSPS) is 11.4. The summed E-state index contributed by atoms with van der Waals surface area (Å²) in [6, 6.07) is 15.1. The van der Waals surface area contributed by atoms with E-state index in [1.54, 1.807) is 14.2 Å². The number of hydrogen-bond donors (Lipinski definition) is 0. The number of ether oxygens (including phenoxy) is 6. The van der Waals surface area contributed by atoms with Gasteiger partial charge in [0.2, 0.25) is 0 Å². The van der Waals surface area contributed by atoms with Gasteiger partial charge in [-0.15, -0.1) is 0 Å². The Morgan fingerprint density at radius 3 is 1.02 bits per heavy atom. The summed E-state index contributed by atoms with van der Waals surface area (Å²) in [6.45, 7) is 4.65. The summed E-state index contributed by atoms with van der Waals surface area (Å²) in [7, 11) is 3.25. The number of hydrogen-bond acceptors (Lipinski definition) is 8. The summed E-state index contributed by atoms with van der Waals surface area (Å²) < 4.78 is 35.0. The Labute approximate surface area is 334 Å². The highest BCUT2D eigenvalue weighted by atomic mass is 16.8. The van der Waals surface area contributed by atoms with Crippen LogP contribution in [0.5, 0.6) is 11.5 Å². The van der Waals surface area contributed by atoms with E-state index in [1.165, 1.54) is 103 Å². The molecule has 0 spiro atoms. The Hall–Kier alpha value is -3.10. The van der Waals surface area contributed by atoms with Crippen molar-refractivity contribution in [2.45, 2.75) is 187 Å². The molecule has 0 aliphatic carbocycles. The largest absolute Gasteiger partial charge is 0.497 e. The van der Waals surface area contributed by atoms with Crippen molar-refractivity contribution in [1.82, 2.24) is 0 Å². The van der Waals surface area contributed by atoms with E-state index in [2.05, 4.69) is 13.8 Å². The predicted octanol–water partition coefficient (Wildman–Crippen LogP) is 12.6. The van der Waals surface area contributed by atoms with Crippen molar-refractivity contribution in [3.63, 3.8) is 0 Å². The van der Waals surface area contributed by atoms with E-state index in [0.717, 1.165) is 61.2 Å². The van der Waals surface area contributed by atoms with Crippen LogP contribution in [0, 0.1) is 0 Å². The molecular formula is C47H76O8. The monoisotopic (exact) mass is 769 g/mol. The van der Waals surface area contributed by atoms with E-state index >= 15 is 0 Å². The van der Waals surface area contributed by atoms with Gasteiger partial charge in [0.05, 0.1) is 27.4 Å². The molecule has 2 aromatic rings. The minimum atomic E-state index is -1.72. The lowest BCUT2D eigenvalue weighted by Gasteiger charge is -2.32. The Morgan fingerprint density at radius 2 is 0.727 bits per heavy atom. The van der Waals surface area contributed by atoms with Gasteiger partial charge in [-0.25, -0.2) is 0 Å². The van der Waals surface area contributed by atoms with Crippen molar-refractivity contribution in [3.8, 4) is 11.5 Å². The van der Waals surface area contributed by atoms with Gasteiger partial charge in [-0.05, 0) is 48.2 Å². The van der Waals surface area contributed by atoms with Gasteiger partial charge in [-0.3, -0.25) is 9.59 Å². The maximum atomic E-state index is 13.4. The SMILES string of the molecule is CCCCCCCCCCCCCC(=O)OC(COCc1ccc(OC)cc1)(COCc1ccc(OC)cc1)OC(=O)CCCCCCCCCCCCC. The van der Waals surface area contributed by atoms with Crippen LogP contribution in [0.1, 0.15) is 179 Å². The van der Waals surface area contributed by atoms with E-state index < -0.39 is 17.7 Å². The van der Waals surface area contributed by atoms with Crippen LogP contribution in [0.15, 0.2) is 48.5 Å². The summed E-state index contributed by atoms with van der Waals surface area (Å²) in [4.78, 5) is 26.8. The topological polar surface area (TPSA) is 89.5 Å². The number of carbonyl (C=O) groups excluding carboxylic acids is 2. The summed E-state index contributed by atoms with van der Waals surface area (Å²) in [5, 5.41) is 0. The van der Waals surface area contributed by atoms with Gasteiger partial charge in [0.25, 0.3) is 0 Å². The van der Waals surface area contributed by atoms with Crippen LogP contribution in [-0.2, 0) is 41.8 Å². The molecule has 0 aliphatic heterocycles. The Kier molecular flexibility index (Phi) is 28.0. The standard InChI is InChI=1S/C47H76O8/c1-5-7-9-11-13-15-17-19-21-23-25-27-45(48)54-47(39-52-37-41-29-33-43(50-3)34-30-41,40-53-38-42-31-35-44(51-4)36-32-42)55-46(49)28-26-24-22-20-18-16-14-12-10-8-6-2/h29-36H,5-28,37-40H2,1-4H3. The third-order valence-corrected chi connectivity index (χ3v) is 10.1. The molecule has 312 valence electrons. The van der Waals surface area contributed by atoms with Crippen LogP contribution in [0.25, 0.3) is 0 Å². The molecule has 0 aliphatic rings. The first-order valence-electron chi connectivity index (χ1n) is 21.8. The Morgan fingerprint density at radius 1 is 0.436 bits per heavy atom. The van der Waals surface area contributed by atoms with E-state index in [9.17, 15) is 9.59 Å². The second-order valence-electron chi connectivity index (χ2n) is 15.1. The molecule has 0 atom stereocenters. The minimum Gasteiger partial charge on any atom is -0.497 e. The maximum Gasteiger partial charge on any atom is 0.309 e. The van der Waals surface area contributed by atoms with Gasteiger partial charge >= 0.3 is 17.7 Å². The molecule has 0 fully saturated rings. The molecular weight excluding hydrogens is 693 g/mol. The Balaban J connectivity index is 2.01. The van der Waals surface area contributed by atoms with Crippen molar-refractivity contribution in [3.05, 3.63) is 59.7 Å². The van der Waals surface area contributed by atoms with Crippen molar-refractivity contribution in [2.24, 2.45) is 0 Å². The number of benzene rings is 2. The molecule has 0 bridgehead atoms. The Bertz CT molecular complexity index is 1120. The third-order valence-electron chi connectivity index (χ3n) is 10.1. The summed E-state index contributed by atoms with van der Waals surface area (Å²) in [6.07, 6.45) is 26.6. The summed E-state index contributed by atoms with van der Waals surface area (Å²) >= 11 is 0. The van der Waals surface area contributed by atoms with Crippen molar-refractivity contribution >= 4 is 11.9 Å². The predicted molar refractivity (Wildman–Crippen MR) is 222 cm³/mol. The summed E-state index contributed by atoms with van der Waals surface area (Å²) in [5.74, 6) is -1.06.